The lowest BCUT2D eigenvalue weighted by atomic mass is 10.0. The van der Waals surface area contributed by atoms with Crippen LogP contribution < -0.4 is 20.9 Å². The van der Waals surface area contributed by atoms with Gasteiger partial charge in [-0.2, -0.15) is 0 Å². The SMILES string of the molecule is CC(=O)NNC(=O)N[C@H](C)c1ncc(-c2cc(F)cc(Cl)c2OCC(F)F)cc1F. The Bertz CT molecular complexity index is 946. The Balaban J connectivity index is 2.28. The van der Waals surface area contributed by atoms with Gasteiger partial charge in [-0.25, -0.2) is 27.8 Å². The smallest absolute Gasteiger partial charge is 0.334 e. The van der Waals surface area contributed by atoms with Crippen LogP contribution in [0.1, 0.15) is 25.6 Å². The van der Waals surface area contributed by atoms with Crippen molar-refractivity contribution in [3.63, 3.8) is 0 Å². The fourth-order valence-corrected chi connectivity index (χ4v) is 2.69. The van der Waals surface area contributed by atoms with Crippen molar-refractivity contribution in [3.8, 4) is 16.9 Å². The molecule has 3 amide bonds. The Morgan fingerprint density at radius 3 is 2.50 bits per heavy atom. The number of pyridine rings is 1. The van der Waals surface area contributed by atoms with Crippen LogP contribution in [0.4, 0.5) is 22.4 Å². The van der Waals surface area contributed by atoms with Crippen LogP contribution in [0.5, 0.6) is 5.75 Å². The highest BCUT2D eigenvalue weighted by Gasteiger charge is 2.20. The Morgan fingerprint density at radius 2 is 1.90 bits per heavy atom. The van der Waals surface area contributed by atoms with Gasteiger partial charge in [-0.1, -0.05) is 11.6 Å². The van der Waals surface area contributed by atoms with E-state index in [0.29, 0.717) is 0 Å². The van der Waals surface area contributed by atoms with Crippen LogP contribution in [-0.4, -0.2) is 30.0 Å². The first-order valence-corrected chi connectivity index (χ1v) is 8.85. The average molecular weight is 449 g/mol. The minimum Gasteiger partial charge on any atom is -0.485 e. The summed E-state index contributed by atoms with van der Waals surface area (Å²) in [6.45, 7) is 1.63. The van der Waals surface area contributed by atoms with E-state index in [2.05, 4.69) is 15.7 Å². The summed E-state index contributed by atoms with van der Waals surface area (Å²) < 4.78 is 58.3. The Morgan fingerprint density at radius 1 is 1.20 bits per heavy atom. The number of hydrogen-bond donors (Lipinski definition) is 3. The monoisotopic (exact) mass is 448 g/mol. The molecule has 0 fully saturated rings. The number of hydrogen-bond acceptors (Lipinski definition) is 4. The van der Waals surface area contributed by atoms with Crippen LogP contribution in [0.3, 0.4) is 0 Å². The third-order valence-electron chi connectivity index (χ3n) is 3.65. The lowest BCUT2D eigenvalue weighted by Gasteiger charge is -2.17. The van der Waals surface area contributed by atoms with E-state index in [1.165, 1.54) is 13.8 Å². The molecule has 2 aromatic rings. The first kappa shape index (κ1) is 23.2. The Labute approximate surface area is 173 Å². The standard InChI is InChI=1S/C18H17ClF4N4O3/c1-8(25-18(29)27-26-9(2)28)16-14(21)3-10(6-24-16)12-4-11(20)5-13(19)17(12)30-7-15(22)23/h3-6,8,15H,7H2,1-2H3,(H,26,28)(H2,25,27,29)/t8-/m1/s1. The van der Waals surface area contributed by atoms with E-state index in [0.717, 1.165) is 24.4 Å². The first-order valence-electron chi connectivity index (χ1n) is 8.47. The number of nitrogens with one attached hydrogen (secondary N) is 3. The highest BCUT2D eigenvalue weighted by atomic mass is 35.5. The van der Waals surface area contributed by atoms with Gasteiger partial charge in [0.05, 0.1) is 16.8 Å². The molecule has 0 bridgehead atoms. The lowest BCUT2D eigenvalue weighted by Crippen LogP contribution is -2.46. The number of halogens is 5. The van der Waals surface area contributed by atoms with Crippen molar-refractivity contribution in [2.75, 3.05) is 6.61 Å². The van der Waals surface area contributed by atoms with Crippen LogP contribution in [0, 0.1) is 11.6 Å². The van der Waals surface area contributed by atoms with Crippen molar-refractivity contribution in [2.24, 2.45) is 0 Å². The summed E-state index contributed by atoms with van der Waals surface area (Å²) in [6, 6.07) is 1.10. The van der Waals surface area contributed by atoms with E-state index in [-0.39, 0.29) is 27.6 Å². The van der Waals surface area contributed by atoms with Gasteiger partial charge in [0, 0.05) is 24.2 Å². The number of aromatic nitrogens is 1. The number of ether oxygens (including phenoxy) is 1. The van der Waals surface area contributed by atoms with Gasteiger partial charge in [0.15, 0.2) is 0 Å². The van der Waals surface area contributed by atoms with Crippen molar-refractivity contribution in [3.05, 3.63) is 46.7 Å². The Hall–Kier alpha value is -3.08. The molecule has 1 atom stereocenters. The topological polar surface area (TPSA) is 92.4 Å². The number of carbonyl (C=O) groups excluding carboxylic acids is 2. The van der Waals surface area contributed by atoms with Crippen LogP contribution in [0.15, 0.2) is 24.4 Å². The molecule has 0 aliphatic carbocycles. The second-order valence-electron chi connectivity index (χ2n) is 6.06. The summed E-state index contributed by atoms with van der Waals surface area (Å²) in [5, 5.41) is 2.09. The molecule has 0 radical (unpaired) electrons. The largest absolute Gasteiger partial charge is 0.485 e. The van der Waals surface area contributed by atoms with Crippen molar-refractivity contribution < 1.29 is 31.9 Å². The molecule has 1 aromatic carbocycles. The molecule has 1 aromatic heterocycles. The van der Waals surface area contributed by atoms with E-state index in [9.17, 15) is 27.2 Å². The van der Waals surface area contributed by atoms with E-state index in [1.54, 1.807) is 0 Å². The van der Waals surface area contributed by atoms with Gasteiger partial charge in [-0.15, -0.1) is 0 Å². The molecule has 0 aliphatic heterocycles. The molecule has 1 heterocycles. The summed E-state index contributed by atoms with van der Waals surface area (Å²) in [5.41, 5.74) is 3.90. The number of urea groups is 1. The molecule has 162 valence electrons. The molecule has 0 spiro atoms. The van der Waals surface area contributed by atoms with E-state index in [4.69, 9.17) is 16.3 Å². The van der Waals surface area contributed by atoms with Crippen LogP contribution in [-0.2, 0) is 4.79 Å². The highest BCUT2D eigenvalue weighted by Crippen LogP contribution is 2.38. The first-order chi connectivity index (χ1) is 14.1. The van der Waals surface area contributed by atoms with Crippen LogP contribution in [0.2, 0.25) is 5.02 Å². The molecule has 0 aliphatic rings. The molecule has 12 heteroatoms. The number of benzene rings is 1. The maximum atomic E-state index is 14.6. The zero-order valence-electron chi connectivity index (χ0n) is 15.7. The molecular weight excluding hydrogens is 432 g/mol. The molecular formula is C18H17ClF4N4O3. The summed E-state index contributed by atoms with van der Waals surface area (Å²) in [4.78, 5) is 26.4. The zero-order valence-corrected chi connectivity index (χ0v) is 16.5. The van der Waals surface area contributed by atoms with Crippen LogP contribution in [0.25, 0.3) is 11.1 Å². The maximum Gasteiger partial charge on any atom is 0.334 e. The van der Waals surface area contributed by atoms with Crippen molar-refractivity contribution in [1.82, 2.24) is 21.2 Å². The van der Waals surface area contributed by atoms with Crippen LogP contribution >= 0.6 is 11.6 Å². The van der Waals surface area contributed by atoms with E-state index >= 15 is 0 Å². The number of carbonyl (C=O) groups is 2. The Kier molecular flexibility index (Phi) is 7.81. The minimum atomic E-state index is -2.80. The van der Waals surface area contributed by atoms with Gasteiger partial charge in [-0.3, -0.25) is 15.2 Å². The number of alkyl halides is 2. The number of amides is 3. The summed E-state index contributed by atoms with van der Waals surface area (Å²) in [7, 11) is 0. The fourth-order valence-electron chi connectivity index (χ4n) is 2.43. The molecule has 0 saturated heterocycles. The lowest BCUT2D eigenvalue weighted by molar-refractivity contribution is -0.119. The quantitative estimate of drug-likeness (QED) is 0.464. The predicted octanol–water partition coefficient (Wildman–Crippen LogP) is 3.74. The molecule has 0 saturated carbocycles. The van der Waals surface area contributed by atoms with Gasteiger partial charge in [0.25, 0.3) is 6.43 Å². The summed E-state index contributed by atoms with van der Waals surface area (Å²) >= 11 is 5.89. The predicted molar refractivity (Wildman–Crippen MR) is 100.0 cm³/mol. The molecule has 3 N–H and O–H groups in total. The van der Waals surface area contributed by atoms with Gasteiger partial charge >= 0.3 is 6.03 Å². The van der Waals surface area contributed by atoms with Crippen molar-refractivity contribution in [2.45, 2.75) is 26.3 Å². The molecule has 0 unspecified atom stereocenters. The molecule has 2 rings (SSSR count). The second-order valence-corrected chi connectivity index (χ2v) is 6.47. The third kappa shape index (κ3) is 6.21. The highest BCUT2D eigenvalue weighted by molar-refractivity contribution is 6.32. The number of nitrogens with zero attached hydrogens (tertiary/aromatic N) is 1. The minimum absolute atomic E-state index is 0.0248. The zero-order chi connectivity index (χ0) is 22.4. The molecule has 30 heavy (non-hydrogen) atoms. The summed E-state index contributed by atoms with van der Waals surface area (Å²) in [6.07, 6.45) is -1.64. The average Bonchev–Trinajstić information content (AvgIpc) is 2.64. The maximum absolute atomic E-state index is 14.6. The van der Waals surface area contributed by atoms with Gasteiger partial charge < -0.3 is 10.1 Å². The summed E-state index contributed by atoms with van der Waals surface area (Å²) in [5.74, 6) is -2.40. The third-order valence-corrected chi connectivity index (χ3v) is 3.93. The van der Waals surface area contributed by atoms with Gasteiger partial charge in [0.1, 0.15) is 24.0 Å². The fraction of sp³-hybridized carbons (Fsp3) is 0.278. The van der Waals surface area contributed by atoms with E-state index < -0.39 is 42.6 Å². The normalized spacial score (nSPS) is 11.7. The van der Waals surface area contributed by atoms with Gasteiger partial charge in [-0.05, 0) is 25.1 Å². The van der Waals surface area contributed by atoms with E-state index in [1.807, 2.05) is 5.43 Å². The molecule has 7 nitrogen and oxygen atoms in total. The second kappa shape index (κ2) is 10.1. The number of rotatable bonds is 6. The van der Waals surface area contributed by atoms with Gasteiger partial charge in [0.2, 0.25) is 5.91 Å². The number of hydrazine groups is 1. The van der Waals surface area contributed by atoms with Crippen molar-refractivity contribution in [1.29, 1.82) is 0 Å². The van der Waals surface area contributed by atoms with Crippen molar-refractivity contribution >= 4 is 23.5 Å².